The van der Waals surface area contributed by atoms with Gasteiger partial charge in [0.05, 0.1) is 16.0 Å². The lowest BCUT2D eigenvalue weighted by Gasteiger charge is -2.34. The van der Waals surface area contributed by atoms with Gasteiger partial charge in [0.2, 0.25) is 10.0 Å². The normalized spacial score (nSPS) is 25.0. The quantitative estimate of drug-likeness (QED) is 0.865. The molecule has 0 aliphatic carbocycles. The molecule has 2 unspecified atom stereocenters. The summed E-state index contributed by atoms with van der Waals surface area (Å²) < 4.78 is 33.3. The fourth-order valence-corrected chi connectivity index (χ4v) is 6.54. The van der Waals surface area contributed by atoms with Crippen LogP contribution in [0.3, 0.4) is 0 Å². The molecule has 1 aromatic heterocycles. The van der Waals surface area contributed by atoms with E-state index < -0.39 is 10.0 Å². The van der Waals surface area contributed by atoms with Gasteiger partial charge in [-0.15, -0.1) is 11.3 Å². The summed E-state index contributed by atoms with van der Waals surface area (Å²) in [4.78, 5) is 1.35. The summed E-state index contributed by atoms with van der Waals surface area (Å²) in [5, 5.41) is 3.03. The fourth-order valence-electron chi connectivity index (χ4n) is 2.30. The van der Waals surface area contributed by atoms with Gasteiger partial charge in [0.15, 0.2) is 0 Å². The number of rotatable bonds is 4. The summed E-state index contributed by atoms with van der Waals surface area (Å²) in [5.41, 5.74) is 0. The van der Waals surface area contributed by atoms with Crippen LogP contribution in [-0.2, 0) is 21.3 Å². The van der Waals surface area contributed by atoms with Crippen LogP contribution in [0.2, 0.25) is 0 Å². The van der Waals surface area contributed by atoms with Gasteiger partial charge in [-0.1, -0.05) is 0 Å². The third kappa shape index (κ3) is 3.42. The first kappa shape index (κ1) is 16.4. The van der Waals surface area contributed by atoms with Crippen LogP contribution in [0.5, 0.6) is 0 Å². The highest BCUT2D eigenvalue weighted by Crippen LogP contribution is 2.34. The number of nitrogens with zero attached hydrogens (tertiary/aromatic N) is 1. The number of hydrogen-bond donors (Lipinski definition) is 1. The van der Waals surface area contributed by atoms with E-state index in [1.807, 2.05) is 20.9 Å². The average molecular weight is 383 g/mol. The molecule has 2 rings (SSSR count). The zero-order valence-corrected chi connectivity index (χ0v) is 14.9. The van der Waals surface area contributed by atoms with E-state index in [9.17, 15) is 8.42 Å². The van der Waals surface area contributed by atoms with Crippen molar-refractivity contribution in [1.29, 1.82) is 0 Å². The van der Waals surface area contributed by atoms with Crippen molar-refractivity contribution in [3.05, 3.63) is 14.7 Å². The van der Waals surface area contributed by atoms with Crippen LogP contribution in [0.4, 0.5) is 0 Å². The van der Waals surface area contributed by atoms with Crippen LogP contribution in [0.15, 0.2) is 14.7 Å². The van der Waals surface area contributed by atoms with E-state index in [-0.39, 0.29) is 12.2 Å². The van der Waals surface area contributed by atoms with Crippen molar-refractivity contribution in [2.24, 2.45) is 0 Å². The highest BCUT2D eigenvalue weighted by atomic mass is 79.9. The molecule has 1 saturated heterocycles. The van der Waals surface area contributed by atoms with Gasteiger partial charge in [0.25, 0.3) is 0 Å². The lowest BCUT2D eigenvalue weighted by molar-refractivity contribution is -0.0440. The van der Waals surface area contributed by atoms with E-state index in [4.69, 9.17) is 4.74 Å². The highest BCUT2D eigenvalue weighted by molar-refractivity contribution is 9.11. The molecule has 1 aromatic rings. The lowest BCUT2D eigenvalue weighted by atomic mass is 10.3. The number of halogens is 1. The molecule has 2 atom stereocenters. The zero-order chi connectivity index (χ0) is 14.9. The maximum atomic E-state index is 12.7. The van der Waals surface area contributed by atoms with Crippen LogP contribution >= 0.6 is 27.3 Å². The second-order valence-electron chi connectivity index (χ2n) is 4.96. The number of nitrogens with one attached hydrogen (secondary N) is 1. The minimum absolute atomic E-state index is 0.0808. The first-order valence-electron chi connectivity index (χ1n) is 6.43. The molecular weight excluding hydrogens is 364 g/mol. The van der Waals surface area contributed by atoms with Gasteiger partial charge >= 0.3 is 0 Å². The molecule has 0 bridgehead atoms. The topological polar surface area (TPSA) is 58.6 Å². The Morgan fingerprint density at radius 2 is 2.05 bits per heavy atom. The Morgan fingerprint density at radius 1 is 1.45 bits per heavy atom. The Hall–Kier alpha value is 0.01000. The molecule has 0 saturated carbocycles. The number of thiophene rings is 1. The maximum absolute atomic E-state index is 12.7. The van der Waals surface area contributed by atoms with Gasteiger partial charge in [-0.3, -0.25) is 0 Å². The van der Waals surface area contributed by atoms with Crippen molar-refractivity contribution >= 4 is 37.3 Å². The van der Waals surface area contributed by atoms with Crippen LogP contribution in [0.1, 0.15) is 18.7 Å². The van der Waals surface area contributed by atoms with E-state index in [2.05, 4.69) is 21.2 Å². The van der Waals surface area contributed by atoms with Gasteiger partial charge in [-0.25, -0.2) is 8.42 Å². The molecular formula is C12H19BrN2O3S2. The van der Waals surface area contributed by atoms with Crippen LogP contribution in [0.25, 0.3) is 0 Å². The minimum Gasteiger partial charge on any atom is -0.373 e. The Bertz CT molecular complexity index is 563. The summed E-state index contributed by atoms with van der Waals surface area (Å²) in [6.07, 6.45) is -0.162. The Labute approximate surface area is 132 Å². The monoisotopic (exact) mass is 382 g/mol. The van der Waals surface area contributed by atoms with E-state index in [0.717, 1.165) is 4.88 Å². The molecule has 1 fully saturated rings. The molecule has 1 aliphatic rings. The molecule has 5 nitrogen and oxygen atoms in total. The summed E-state index contributed by atoms with van der Waals surface area (Å²) in [6.45, 7) is 5.25. The molecule has 0 spiro atoms. The zero-order valence-electron chi connectivity index (χ0n) is 11.7. The molecule has 114 valence electrons. The van der Waals surface area contributed by atoms with E-state index >= 15 is 0 Å². The first-order valence-corrected chi connectivity index (χ1v) is 9.48. The molecule has 20 heavy (non-hydrogen) atoms. The lowest BCUT2D eigenvalue weighted by Crippen LogP contribution is -2.48. The van der Waals surface area contributed by atoms with Crippen LogP contribution in [-0.4, -0.2) is 45.1 Å². The smallest absolute Gasteiger partial charge is 0.245 e. The number of morpholine rings is 1. The number of ether oxygens (including phenoxy) is 1. The largest absolute Gasteiger partial charge is 0.373 e. The van der Waals surface area contributed by atoms with Gasteiger partial charge in [0.1, 0.15) is 4.90 Å². The minimum atomic E-state index is -3.47. The van der Waals surface area contributed by atoms with Crippen molar-refractivity contribution in [1.82, 2.24) is 9.62 Å². The molecule has 0 radical (unpaired) electrons. The summed E-state index contributed by atoms with van der Waals surface area (Å²) in [7, 11) is -1.63. The summed E-state index contributed by atoms with van der Waals surface area (Å²) in [6, 6.07) is 1.74. The number of hydrogen-bond acceptors (Lipinski definition) is 5. The second-order valence-corrected chi connectivity index (χ2v) is 9.32. The second kappa shape index (κ2) is 6.41. The third-order valence-corrected chi connectivity index (χ3v) is 7.15. The highest BCUT2D eigenvalue weighted by Gasteiger charge is 2.34. The van der Waals surface area contributed by atoms with Crippen LogP contribution in [0, 0.1) is 0 Å². The molecule has 1 aliphatic heterocycles. The molecule has 0 aromatic carbocycles. The molecule has 1 N–H and O–H groups in total. The Kier molecular flexibility index (Phi) is 5.25. The predicted octanol–water partition coefficient (Wildman–Crippen LogP) is 2.03. The average Bonchev–Trinajstić information content (AvgIpc) is 2.70. The molecule has 8 heteroatoms. The van der Waals surface area contributed by atoms with Crippen LogP contribution < -0.4 is 5.32 Å². The Morgan fingerprint density at radius 3 is 2.60 bits per heavy atom. The van der Waals surface area contributed by atoms with Crippen molar-refractivity contribution in [3.8, 4) is 0 Å². The van der Waals surface area contributed by atoms with Crippen molar-refractivity contribution < 1.29 is 13.2 Å². The van der Waals surface area contributed by atoms with E-state index in [0.29, 0.717) is 28.3 Å². The number of sulfonamides is 1. The van der Waals surface area contributed by atoms with E-state index in [1.54, 1.807) is 6.07 Å². The van der Waals surface area contributed by atoms with Crippen molar-refractivity contribution in [2.45, 2.75) is 37.5 Å². The third-order valence-electron chi connectivity index (χ3n) is 3.06. The predicted molar refractivity (Wildman–Crippen MR) is 83.6 cm³/mol. The maximum Gasteiger partial charge on any atom is 0.245 e. The standard InChI is InChI=1S/C12H19BrN2O3S2/c1-8-6-15(7-9(2)18-8)20(16,17)11-4-10(5-14-3)19-12(11)13/h4,8-9,14H,5-7H2,1-3H3. The fraction of sp³-hybridized carbons (Fsp3) is 0.667. The summed E-state index contributed by atoms with van der Waals surface area (Å²) in [5.74, 6) is 0. The molecule has 0 amide bonds. The van der Waals surface area contributed by atoms with Crippen molar-refractivity contribution in [3.63, 3.8) is 0 Å². The SMILES string of the molecule is CNCc1cc(S(=O)(=O)N2CC(C)OC(C)C2)c(Br)s1. The summed E-state index contributed by atoms with van der Waals surface area (Å²) >= 11 is 4.82. The van der Waals surface area contributed by atoms with Gasteiger partial charge in [-0.2, -0.15) is 4.31 Å². The van der Waals surface area contributed by atoms with Gasteiger partial charge in [-0.05, 0) is 42.9 Å². The first-order chi connectivity index (χ1) is 9.34. The Balaban J connectivity index is 2.30. The molecule has 2 heterocycles. The van der Waals surface area contributed by atoms with Gasteiger partial charge in [0, 0.05) is 24.5 Å². The van der Waals surface area contributed by atoms with Crippen molar-refractivity contribution in [2.75, 3.05) is 20.1 Å². The van der Waals surface area contributed by atoms with E-state index in [1.165, 1.54) is 15.6 Å². The van der Waals surface area contributed by atoms with Gasteiger partial charge < -0.3 is 10.1 Å².